The molecule has 144 valence electrons. The number of para-hydroxylation sites is 1. The van der Waals surface area contributed by atoms with Crippen molar-refractivity contribution in [3.8, 4) is 5.69 Å². The molecule has 0 aliphatic heterocycles. The summed E-state index contributed by atoms with van der Waals surface area (Å²) >= 11 is 6.19. The van der Waals surface area contributed by atoms with Crippen LogP contribution >= 0.6 is 11.6 Å². The summed E-state index contributed by atoms with van der Waals surface area (Å²) in [5.74, 6) is 0.212. The van der Waals surface area contributed by atoms with Crippen molar-refractivity contribution < 1.29 is 14.3 Å². The quantitative estimate of drug-likeness (QED) is 0.685. The summed E-state index contributed by atoms with van der Waals surface area (Å²) in [6, 6.07) is 14.2. The number of hydrogen-bond acceptors (Lipinski definition) is 5. The van der Waals surface area contributed by atoms with Crippen molar-refractivity contribution in [2.45, 2.75) is 13.5 Å². The second kappa shape index (κ2) is 8.53. The fraction of sp³-hybridized carbons (Fsp3) is 0.158. The van der Waals surface area contributed by atoms with Gasteiger partial charge in [0.15, 0.2) is 0 Å². The average molecular weight is 400 g/mol. The fourth-order valence-corrected chi connectivity index (χ4v) is 2.69. The van der Waals surface area contributed by atoms with Gasteiger partial charge in [-0.25, -0.2) is 14.5 Å². The largest absolute Gasteiger partial charge is 0.453 e. The summed E-state index contributed by atoms with van der Waals surface area (Å²) in [5.41, 5.74) is 2.10. The van der Waals surface area contributed by atoms with E-state index in [0.29, 0.717) is 22.2 Å². The van der Waals surface area contributed by atoms with E-state index in [2.05, 4.69) is 25.5 Å². The maximum atomic E-state index is 12.4. The van der Waals surface area contributed by atoms with Crippen LogP contribution in [0.1, 0.15) is 22.0 Å². The number of carbonyl (C=O) groups excluding carboxylic acids is 2. The van der Waals surface area contributed by atoms with Gasteiger partial charge in [0.2, 0.25) is 5.82 Å². The number of ether oxygens (including phenoxy) is 1. The molecule has 0 unspecified atom stereocenters. The number of halogens is 1. The number of anilines is 1. The molecule has 0 saturated heterocycles. The molecule has 2 amide bonds. The third-order valence-corrected chi connectivity index (χ3v) is 4.21. The van der Waals surface area contributed by atoms with Crippen LogP contribution in [0.3, 0.4) is 0 Å². The van der Waals surface area contributed by atoms with Crippen LogP contribution < -0.4 is 10.6 Å². The predicted octanol–water partition coefficient (Wildman–Crippen LogP) is 3.34. The molecule has 0 bridgehead atoms. The summed E-state index contributed by atoms with van der Waals surface area (Å²) in [4.78, 5) is 27.8. The monoisotopic (exact) mass is 399 g/mol. The number of rotatable bonds is 5. The molecule has 0 atom stereocenters. The first-order valence-corrected chi connectivity index (χ1v) is 8.76. The number of amides is 2. The van der Waals surface area contributed by atoms with Crippen LogP contribution in [0, 0.1) is 6.92 Å². The van der Waals surface area contributed by atoms with Gasteiger partial charge in [-0.15, -0.1) is 5.10 Å². The Kier molecular flexibility index (Phi) is 5.90. The van der Waals surface area contributed by atoms with Crippen LogP contribution in [-0.4, -0.2) is 33.9 Å². The van der Waals surface area contributed by atoms with Crippen LogP contribution in [0.15, 0.2) is 48.5 Å². The van der Waals surface area contributed by atoms with Gasteiger partial charge in [-0.1, -0.05) is 35.9 Å². The molecule has 1 aromatic heterocycles. The van der Waals surface area contributed by atoms with Crippen molar-refractivity contribution in [2.75, 3.05) is 12.4 Å². The molecular weight excluding hydrogens is 382 g/mol. The first-order chi connectivity index (χ1) is 13.5. The lowest BCUT2D eigenvalue weighted by molar-refractivity contribution is 0.0940. The van der Waals surface area contributed by atoms with Crippen molar-refractivity contribution >= 4 is 29.3 Å². The average Bonchev–Trinajstić information content (AvgIpc) is 3.09. The van der Waals surface area contributed by atoms with Gasteiger partial charge in [-0.3, -0.25) is 10.1 Å². The van der Waals surface area contributed by atoms with Gasteiger partial charge in [0.1, 0.15) is 5.82 Å². The Balaban J connectivity index is 1.65. The first-order valence-electron chi connectivity index (χ1n) is 8.38. The van der Waals surface area contributed by atoms with E-state index in [-0.39, 0.29) is 12.4 Å². The molecule has 9 heteroatoms. The molecule has 0 saturated carbocycles. The number of nitrogens with zero attached hydrogens (tertiary/aromatic N) is 3. The van der Waals surface area contributed by atoms with Gasteiger partial charge >= 0.3 is 6.09 Å². The number of benzene rings is 2. The molecule has 1 heterocycles. The van der Waals surface area contributed by atoms with E-state index in [9.17, 15) is 9.59 Å². The summed E-state index contributed by atoms with van der Waals surface area (Å²) in [6.07, 6.45) is -0.545. The van der Waals surface area contributed by atoms with Crippen LogP contribution in [-0.2, 0) is 11.3 Å². The Hall–Kier alpha value is -3.39. The van der Waals surface area contributed by atoms with Crippen molar-refractivity contribution in [1.29, 1.82) is 0 Å². The third-order valence-electron chi connectivity index (χ3n) is 3.89. The van der Waals surface area contributed by atoms with Crippen LogP contribution in [0.5, 0.6) is 0 Å². The third kappa shape index (κ3) is 4.47. The van der Waals surface area contributed by atoms with Gasteiger partial charge in [0.05, 0.1) is 17.8 Å². The molecule has 2 aromatic carbocycles. The molecule has 2 N–H and O–H groups in total. The zero-order valence-electron chi connectivity index (χ0n) is 15.3. The second-order valence-electron chi connectivity index (χ2n) is 5.84. The zero-order valence-corrected chi connectivity index (χ0v) is 16.0. The summed E-state index contributed by atoms with van der Waals surface area (Å²) in [7, 11) is 1.29. The van der Waals surface area contributed by atoms with Crippen LogP contribution in [0.2, 0.25) is 5.02 Å². The molecule has 0 radical (unpaired) electrons. The summed E-state index contributed by atoms with van der Waals surface area (Å²) < 4.78 is 6.06. The standard InChI is InChI=1S/C19H18ClN5O3/c1-12-22-17(24-25(12)16-6-4-3-5-15(16)20)18(26)21-11-13-7-9-14(10-8-13)23-19(27)28-2/h3-10H,11H2,1-2H3,(H,21,26)(H,23,27). The molecular formula is C19H18ClN5O3. The number of carbonyl (C=O) groups is 2. The van der Waals surface area contributed by atoms with Gasteiger partial charge in [-0.05, 0) is 36.8 Å². The molecule has 3 rings (SSSR count). The van der Waals surface area contributed by atoms with E-state index in [1.54, 1.807) is 43.3 Å². The van der Waals surface area contributed by atoms with Gasteiger partial charge < -0.3 is 10.1 Å². The van der Waals surface area contributed by atoms with E-state index in [4.69, 9.17) is 11.6 Å². The highest BCUT2D eigenvalue weighted by atomic mass is 35.5. The molecule has 0 aliphatic rings. The van der Waals surface area contributed by atoms with Gasteiger partial charge in [0.25, 0.3) is 5.91 Å². The number of aromatic nitrogens is 3. The highest BCUT2D eigenvalue weighted by Crippen LogP contribution is 2.20. The van der Waals surface area contributed by atoms with Gasteiger partial charge in [0, 0.05) is 12.2 Å². The molecule has 8 nitrogen and oxygen atoms in total. The lowest BCUT2D eigenvalue weighted by atomic mass is 10.2. The summed E-state index contributed by atoms with van der Waals surface area (Å²) in [5, 5.41) is 10.1. The molecule has 3 aromatic rings. The summed E-state index contributed by atoms with van der Waals surface area (Å²) in [6.45, 7) is 2.04. The number of nitrogens with one attached hydrogen (secondary N) is 2. The van der Waals surface area contributed by atoms with Gasteiger partial charge in [-0.2, -0.15) is 0 Å². The lowest BCUT2D eigenvalue weighted by Gasteiger charge is -2.06. The fourth-order valence-electron chi connectivity index (χ4n) is 2.47. The molecule has 0 aliphatic carbocycles. The van der Waals surface area contributed by atoms with Crippen molar-refractivity contribution in [2.24, 2.45) is 0 Å². The first kappa shape index (κ1) is 19.4. The Morgan fingerprint density at radius 2 is 1.86 bits per heavy atom. The molecule has 28 heavy (non-hydrogen) atoms. The topological polar surface area (TPSA) is 98.1 Å². The minimum absolute atomic E-state index is 0.0568. The van der Waals surface area contributed by atoms with Crippen LogP contribution in [0.25, 0.3) is 5.69 Å². The van der Waals surface area contributed by atoms with E-state index in [1.165, 1.54) is 11.8 Å². The SMILES string of the molecule is COC(=O)Nc1ccc(CNC(=O)c2nc(C)n(-c3ccccc3Cl)n2)cc1. The Morgan fingerprint density at radius 3 is 2.54 bits per heavy atom. The lowest BCUT2D eigenvalue weighted by Crippen LogP contribution is -2.24. The van der Waals surface area contributed by atoms with Crippen molar-refractivity contribution in [3.05, 3.63) is 70.8 Å². The predicted molar refractivity (Wildman–Crippen MR) is 105 cm³/mol. The van der Waals surface area contributed by atoms with Crippen molar-refractivity contribution in [3.63, 3.8) is 0 Å². The Labute approximate surface area is 166 Å². The smallest absolute Gasteiger partial charge is 0.411 e. The number of methoxy groups -OCH3 is 1. The normalized spacial score (nSPS) is 10.4. The highest BCUT2D eigenvalue weighted by Gasteiger charge is 2.16. The number of hydrogen-bond donors (Lipinski definition) is 2. The Bertz CT molecular complexity index is 1000. The van der Waals surface area contributed by atoms with E-state index in [0.717, 1.165) is 5.56 Å². The molecule has 0 fully saturated rings. The second-order valence-corrected chi connectivity index (χ2v) is 6.25. The minimum Gasteiger partial charge on any atom is -0.453 e. The minimum atomic E-state index is -0.545. The maximum absolute atomic E-state index is 12.4. The van der Waals surface area contributed by atoms with E-state index in [1.807, 2.05) is 12.1 Å². The highest BCUT2D eigenvalue weighted by molar-refractivity contribution is 6.32. The van der Waals surface area contributed by atoms with E-state index < -0.39 is 12.0 Å². The van der Waals surface area contributed by atoms with Crippen LogP contribution in [0.4, 0.5) is 10.5 Å². The maximum Gasteiger partial charge on any atom is 0.411 e. The zero-order chi connectivity index (χ0) is 20.1. The Morgan fingerprint density at radius 1 is 1.14 bits per heavy atom. The molecule has 0 spiro atoms. The number of aryl methyl sites for hydroxylation is 1. The van der Waals surface area contributed by atoms with Crippen molar-refractivity contribution in [1.82, 2.24) is 20.1 Å². The van der Waals surface area contributed by atoms with E-state index >= 15 is 0 Å².